The van der Waals surface area contributed by atoms with Crippen LogP contribution in [-0.4, -0.2) is 5.97 Å². The average molecular weight is 360 g/mol. The van der Waals surface area contributed by atoms with Crippen LogP contribution in [0, 0.1) is 5.41 Å². The summed E-state index contributed by atoms with van der Waals surface area (Å²) in [5.74, 6) is -0.422. The van der Waals surface area contributed by atoms with Crippen LogP contribution in [0.4, 0.5) is 0 Å². The summed E-state index contributed by atoms with van der Waals surface area (Å²) < 4.78 is 0. The lowest BCUT2D eigenvalue weighted by Gasteiger charge is -2.34. The van der Waals surface area contributed by atoms with Crippen LogP contribution in [-0.2, 0) is 20.2 Å². The molecule has 3 nitrogen and oxygen atoms in total. The van der Waals surface area contributed by atoms with Gasteiger partial charge in [-0.3, -0.25) is 4.89 Å². The lowest BCUT2D eigenvalue weighted by atomic mass is 9.80. The first-order valence-corrected chi connectivity index (χ1v) is 9.01. The van der Waals surface area contributed by atoms with Crippen molar-refractivity contribution >= 4 is 5.97 Å². The molecule has 0 atom stereocenters. The van der Waals surface area contributed by atoms with Gasteiger partial charge in [-0.05, 0) is 37.5 Å². The zero-order valence-electron chi connectivity index (χ0n) is 15.9. The molecule has 0 spiro atoms. The Kier molecular flexibility index (Phi) is 5.43. The topological polar surface area (TPSA) is 35.5 Å². The van der Waals surface area contributed by atoms with Crippen LogP contribution < -0.4 is 0 Å². The van der Waals surface area contributed by atoms with Crippen LogP contribution in [0.15, 0.2) is 91.0 Å². The molecule has 3 aromatic carbocycles. The van der Waals surface area contributed by atoms with Crippen molar-refractivity contribution in [3.8, 4) is 0 Å². The molecule has 3 heteroatoms. The summed E-state index contributed by atoms with van der Waals surface area (Å²) in [6, 6.07) is 29.4. The molecular weight excluding hydrogens is 336 g/mol. The molecule has 0 aliphatic carbocycles. The van der Waals surface area contributed by atoms with Crippen molar-refractivity contribution in [3.05, 3.63) is 108 Å². The number of carbonyl (C=O) groups is 1. The molecule has 138 valence electrons. The molecular formula is C24H24O3. The largest absolute Gasteiger partial charge is 0.347 e. The quantitative estimate of drug-likeness (QED) is 0.342. The summed E-state index contributed by atoms with van der Waals surface area (Å²) in [6.07, 6.45) is 0. The van der Waals surface area contributed by atoms with E-state index in [4.69, 9.17) is 9.78 Å². The molecule has 27 heavy (non-hydrogen) atoms. The molecule has 0 radical (unpaired) electrons. The van der Waals surface area contributed by atoms with Gasteiger partial charge < -0.3 is 0 Å². The van der Waals surface area contributed by atoms with E-state index in [9.17, 15) is 4.79 Å². The molecule has 0 saturated heterocycles. The van der Waals surface area contributed by atoms with E-state index < -0.39 is 17.0 Å². The molecule has 0 saturated carbocycles. The summed E-state index contributed by atoms with van der Waals surface area (Å²) in [7, 11) is 0. The highest BCUT2D eigenvalue weighted by Crippen LogP contribution is 2.41. The van der Waals surface area contributed by atoms with Crippen molar-refractivity contribution in [3.63, 3.8) is 0 Å². The molecule has 0 fully saturated rings. The summed E-state index contributed by atoms with van der Waals surface area (Å²) in [6.45, 7) is 5.40. The van der Waals surface area contributed by atoms with E-state index >= 15 is 0 Å². The standard InChI is InChI=1S/C24H24O3/c1-23(2,3)22(25)26-27-24(19-13-7-4-8-14-19,20-15-9-5-10-16-20)21-17-11-6-12-18-21/h4-18H,1-3H3. The Balaban J connectivity index is 2.18. The number of hydrogen-bond acceptors (Lipinski definition) is 3. The molecule has 3 rings (SSSR count). The Labute approximate surface area is 160 Å². The Bertz CT molecular complexity index is 769. The van der Waals surface area contributed by atoms with Gasteiger partial charge >= 0.3 is 5.97 Å². The van der Waals surface area contributed by atoms with E-state index in [2.05, 4.69) is 0 Å². The molecule has 0 N–H and O–H groups in total. The molecule has 0 aliphatic heterocycles. The third kappa shape index (κ3) is 3.93. The maximum absolute atomic E-state index is 12.5. The predicted octanol–water partition coefficient (Wildman–Crippen LogP) is 5.50. The normalized spacial score (nSPS) is 11.8. The summed E-state index contributed by atoms with van der Waals surface area (Å²) >= 11 is 0. The average Bonchev–Trinajstić information content (AvgIpc) is 2.70. The fourth-order valence-corrected chi connectivity index (χ4v) is 2.89. The fraction of sp³-hybridized carbons (Fsp3) is 0.208. The van der Waals surface area contributed by atoms with E-state index in [1.54, 1.807) is 20.8 Å². The molecule has 0 unspecified atom stereocenters. The Hall–Kier alpha value is -2.91. The minimum Gasteiger partial charge on any atom is -0.296 e. The third-order valence-electron chi connectivity index (χ3n) is 4.40. The number of benzene rings is 3. The van der Waals surface area contributed by atoms with Crippen molar-refractivity contribution in [2.75, 3.05) is 0 Å². The van der Waals surface area contributed by atoms with Gasteiger partial charge in [0.25, 0.3) is 0 Å². The summed E-state index contributed by atoms with van der Waals surface area (Å²) in [5, 5.41) is 0. The molecule has 0 bridgehead atoms. The van der Waals surface area contributed by atoms with Gasteiger partial charge in [0.2, 0.25) is 0 Å². The first kappa shape index (κ1) is 18.9. The van der Waals surface area contributed by atoms with E-state index in [-0.39, 0.29) is 0 Å². The van der Waals surface area contributed by atoms with Gasteiger partial charge in [-0.2, -0.15) is 4.89 Å². The zero-order valence-corrected chi connectivity index (χ0v) is 15.9. The van der Waals surface area contributed by atoms with Crippen LogP contribution in [0.2, 0.25) is 0 Å². The van der Waals surface area contributed by atoms with Gasteiger partial charge in [0, 0.05) is 0 Å². The molecule has 0 amide bonds. The van der Waals surface area contributed by atoms with Crippen molar-refractivity contribution in [1.82, 2.24) is 0 Å². The summed E-state index contributed by atoms with van der Waals surface area (Å²) in [5.41, 5.74) is 0.901. The maximum Gasteiger partial charge on any atom is 0.347 e. The van der Waals surface area contributed by atoms with Crippen LogP contribution in [0.5, 0.6) is 0 Å². The van der Waals surface area contributed by atoms with Gasteiger partial charge in [-0.15, -0.1) is 0 Å². The second-order valence-corrected chi connectivity index (χ2v) is 7.48. The molecule has 0 aliphatic rings. The zero-order chi connectivity index (χ0) is 19.3. The Morgan fingerprint density at radius 1 is 0.630 bits per heavy atom. The van der Waals surface area contributed by atoms with Gasteiger partial charge in [-0.25, -0.2) is 4.79 Å². The van der Waals surface area contributed by atoms with Crippen molar-refractivity contribution in [2.45, 2.75) is 26.4 Å². The van der Waals surface area contributed by atoms with E-state index in [1.165, 1.54) is 0 Å². The molecule has 0 heterocycles. The molecule has 0 aromatic heterocycles. The Morgan fingerprint density at radius 3 is 1.26 bits per heavy atom. The predicted molar refractivity (Wildman–Crippen MR) is 106 cm³/mol. The monoisotopic (exact) mass is 360 g/mol. The highest BCUT2D eigenvalue weighted by Gasteiger charge is 2.41. The number of hydrogen-bond donors (Lipinski definition) is 0. The number of carbonyl (C=O) groups excluding carboxylic acids is 1. The van der Waals surface area contributed by atoms with Gasteiger partial charge in [-0.1, -0.05) is 91.0 Å². The maximum atomic E-state index is 12.5. The van der Waals surface area contributed by atoms with Gasteiger partial charge in [0.1, 0.15) is 0 Å². The first-order valence-electron chi connectivity index (χ1n) is 9.01. The second-order valence-electron chi connectivity index (χ2n) is 7.48. The Morgan fingerprint density at radius 2 is 0.963 bits per heavy atom. The molecule has 3 aromatic rings. The van der Waals surface area contributed by atoms with Crippen molar-refractivity contribution in [1.29, 1.82) is 0 Å². The highest BCUT2D eigenvalue weighted by atomic mass is 17.2. The van der Waals surface area contributed by atoms with Crippen molar-refractivity contribution in [2.24, 2.45) is 5.41 Å². The lowest BCUT2D eigenvalue weighted by molar-refractivity contribution is -0.322. The van der Waals surface area contributed by atoms with Gasteiger partial charge in [0.15, 0.2) is 5.60 Å². The second kappa shape index (κ2) is 7.77. The first-order chi connectivity index (χ1) is 12.9. The summed E-state index contributed by atoms with van der Waals surface area (Å²) in [4.78, 5) is 23.9. The number of rotatable bonds is 5. The SMILES string of the molecule is CC(C)(C)C(=O)OOC(c1ccccc1)(c1ccccc1)c1ccccc1. The smallest absolute Gasteiger partial charge is 0.296 e. The van der Waals surface area contributed by atoms with Crippen LogP contribution >= 0.6 is 0 Å². The lowest BCUT2D eigenvalue weighted by Crippen LogP contribution is -2.36. The van der Waals surface area contributed by atoms with Crippen LogP contribution in [0.1, 0.15) is 37.5 Å². The fourth-order valence-electron chi connectivity index (χ4n) is 2.89. The highest BCUT2D eigenvalue weighted by molar-refractivity contribution is 5.74. The van der Waals surface area contributed by atoms with E-state index in [0.717, 1.165) is 16.7 Å². The van der Waals surface area contributed by atoms with Crippen molar-refractivity contribution < 1.29 is 14.6 Å². The third-order valence-corrected chi connectivity index (χ3v) is 4.40. The van der Waals surface area contributed by atoms with Crippen LogP contribution in [0.25, 0.3) is 0 Å². The van der Waals surface area contributed by atoms with E-state index in [0.29, 0.717) is 0 Å². The van der Waals surface area contributed by atoms with E-state index in [1.807, 2.05) is 91.0 Å². The minimum absolute atomic E-state index is 0.422. The van der Waals surface area contributed by atoms with Crippen LogP contribution in [0.3, 0.4) is 0 Å². The van der Waals surface area contributed by atoms with Gasteiger partial charge in [0.05, 0.1) is 5.41 Å². The minimum atomic E-state index is -1.06.